The number of rotatable bonds is 6. The molecular formula is C23H23F3N4O4. The van der Waals surface area contributed by atoms with Crippen LogP contribution >= 0.6 is 0 Å². The van der Waals surface area contributed by atoms with Gasteiger partial charge in [-0.1, -0.05) is 12.1 Å². The molecule has 8 nitrogen and oxygen atoms in total. The van der Waals surface area contributed by atoms with Gasteiger partial charge >= 0.3 is 6.18 Å². The number of methoxy groups -OCH3 is 2. The first kappa shape index (κ1) is 23.4. The van der Waals surface area contributed by atoms with Crippen LogP contribution in [0.2, 0.25) is 0 Å². The number of fused-ring (bicyclic) bond motifs is 1. The second-order valence-corrected chi connectivity index (χ2v) is 7.85. The predicted molar refractivity (Wildman–Crippen MR) is 117 cm³/mol. The Kier molecular flexibility index (Phi) is 6.38. The second-order valence-electron chi connectivity index (χ2n) is 7.85. The highest BCUT2D eigenvalue weighted by Gasteiger charge is 2.40. The molecule has 0 aromatic heterocycles. The molecule has 180 valence electrons. The number of nitrogens with one attached hydrogen (secondary N) is 2. The molecule has 2 unspecified atom stereocenters. The van der Waals surface area contributed by atoms with Crippen molar-refractivity contribution in [2.75, 3.05) is 26.1 Å². The van der Waals surface area contributed by atoms with E-state index in [0.717, 1.165) is 17.7 Å². The van der Waals surface area contributed by atoms with Crippen molar-refractivity contribution < 1.29 is 32.2 Å². The first-order valence-electron chi connectivity index (χ1n) is 10.4. The maximum Gasteiger partial charge on any atom is 0.416 e. The van der Waals surface area contributed by atoms with E-state index in [4.69, 9.17) is 9.47 Å². The van der Waals surface area contributed by atoms with Crippen LogP contribution in [0.15, 0.2) is 54.9 Å². The van der Waals surface area contributed by atoms with Gasteiger partial charge in [-0.25, -0.2) is 5.43 Å². The highest BCUT2D eigenvalue weighted by Crippen LogP contribution is 2.35. The number of hydrogen-bond donors (Lipinski definition) is 2. The van der Waals surface area contributed by atoms with E-state index in [1.54, 1.807) is 31.5 Å². The first-order valence-corrected chi connectivity index (χ1v) is 10.4. The number of anilines is 1. The summed E-state index contributed by atoms with van der Waals surface area (Å²) in [6.07, 6.45) is -0.945. The fourth-order valence-electron chi connectivity index (χ4n) is 3.98. The number of alkyl halides is 3. The lowest BCUT2D eigenvalue weighted by Gasteiger charge is -2.31. The van der Waals surface area contributed by atoms with Crippen LogP contribution in [-0.2, 0) is 15.8 Å². The topological polar surface area (TPSA) is 83.1 Å². The van der Waals surface area contributed by atoms with Crippen molar-refractivity contribution in [3.63, 3.8) is 0 Å². The third kappa shape index (κ3) is 4.79. The van der Waals surface area contributed by atoms with Crippen LogP contribution in [0.25, 0.3) is 0 Å². The van der Waals surface area contributed by atoms with E-state index >= 15 is 0 Å². The summed E-state index contributed by atoms with van der Waals surface area (Å²) in [6.45, 7) is -0.322. The Hall–Kier alpha value is -3.73. The number of ether oxygens (including phenoxy) is 2. The van der Waals surface area contributed by atoms with Crippen molar-refractivity contribution >= 4 is 17.5 Å². The third-order valence-corrected chi connectivity index (χ3v) is 5.67. The molecule has 0 aliphatic carbocycles. The predicted octanol–water partition coefficient (Wildman–Crippen LogP) is 3.29. The molecule has 2 aromatic rings. The highest BCUT2D eigenvalue weighted by atomic mass is 19.4. The Bertz CT molecular complexity index is 1120. The van der Waals surface area contributed by atoms with Crippen molar-refractivity contribution in [3.8, 4) is 11.5 Å². The van der Waals surface area contributed by atoms with E-state index in [-0.39, 0.29) is 24.2 Å². The Morgan fingerprint density at radius 2 is 1.88 bits per heavy atom. The minimum Gasteiger partial charge on any atom is -0.493 e. The monoisotopic (exact) mass is 476 g/mol. The van der Waals surface area contributed by atoms with Crippen molar-refractivity contribution in [2.45, 2.75) is 24.7 Å². The number of nitrogens with zero attached hydrogens (tertiary/aromatic N) is 2. The van der Waals surface area contributed by atoms with Gasteiger partial charge in [0.2, 0.25) is 5.91 Å². The lowest BCUT2D eigenvalue weighted by atomic mass is 10.0. The number of benzene rings is 2. The van der Waals surface area contributed by atoms with Gasteiger partial charge in [-0.05, 0) is 42.3 Å². The standard InChI is InChI=1S/C23H23F3N4O4/c1-33-19-7-6-14(10-20(19)34-2)17-12-18-22(32)29(8-9-30(18)28-17)13-21(31)27-16-5-3-4-15(11-16)23(24,25)26/h3-11,17-18,28H,12-13H2,1-2H3,(H,27,31). The summed E-state index contributed by atoms with van der Waals surface area (Å²) in [5.74, 6) is 0.266. The highest BCUT2D eigenvalue weighted by molar-refractivity contribution is 5.96. The van der Waals surface area contributed by atoms with E-state index in [9.17, 15) is 22.8 Å². The molecule has 2 N–H and O–H groups in total. The van der Waals surface area contributed by atoms with Crippen molar-refractivity contribution in [3.05, 3.63) is 66.0 Å². The zero-order chi connectivity index (χ0) is 24.5. The van der Waals surface area contributed by atoms with Crippen LogP contribution < -0.4 is 20.2 Å². The Morgan fingerprint density at radius 3 is 2.59 bits per heavy atom. The molecule has 2 atom stereocenters. The number of amides is 2. The minimum atomic E-state index is -4.52. The summed E-state index contributed by atoms with van der Waals surface area (Å²) < 4.78 is 49.3. The fourth-order valence-corrected chi connectivity index (χ4v) is 3.98. The van der Waals surface area contributed by atoms with Gasteiger partial charge in [-0.2, -0.15) is 13.2 Å². The quantitative estimate of drug-likeness (QED) is 0.666. The number of hydrazine groups is 1. The van der Waals surface area contributed by atoms with Crippen LogP contribution in [0.5, 0.6) is 11.5 Å². The van der Waals surface area contributed by atoms with E-state index in [0.29, 0.717) is 17.9 Å². The van der Waals surface area contributed by atoms with E-state index in [2.05, 4.69) is 10.7 Å². The minimum absolute atomic E-state index is 0.00550. The summed E-state index contributed by atoms with van der Waals surface area (Å²) in [6, 6.07) is 9.13. The lowest BCUT2D eigenvalue weighted by molar-refractivity contribution is -0.137. The zero-order valence-corrected chi connectivity index (χ0v) is 18.4. The third-order valence-electron chi connectivity index (χ3n) is 5.67. The fraction of sp³-hybridized carbons (Fsp3) is 0.304. The molecular weight excluding hydrogens is 453 g/mol. The second kappa shape index (κ2) is 9.26. The molecule has 4 rings (SSSR count). The molecule has 2 heterocycles. The summed E-state index contributed by atoms with van der Waals surface area (Å²) in [5, 5.41) is 4.10. The molecule has 0 spiro atoms. The van der Waals surface area contributed by atoms with Crippen LogP contribution in [-0.4, -0.2) is 48.5 Å². The molecule has 2 aliphatic heterocycles. The van der Waals surface area contributed by atoms with Crippen molar-refractivity contribution in [1.82, 2.24) is 15.3 Å². The van der Waals surface area contributed by atoms with Crippen molar-refractivity contribution in [2.24, 2.45) is 0 Å². The Morgan fingerprint density at radius 1 is 1.12 bits per heavy atom. The number of hydrogen-bond acceptors (Lipinski definition) is 6. The average Bonchev–Trinajstić information content (AvgIpc) is 3.25. The number of carbonyl (C=O) groups excluding carboxylic acids is 2. The molecule has 2 aromatic carbocycles. The Balaban J connectivity index is 1.40. The molecule has 1 fully saturated rings. The number of halogens is 3. The maximum atomic E-state index is 13.0. The van der Waals surface area contributed by atoms with Gasteiger partial charge < -0.3 is 24.7 Å². The SMILES string of the molecule is COc1ccc(C2CC3C(=O)N(CC(=O)Nc4cccc(C(F)(F)F)c4)C=CN3N2)cc1OC. The average molecular weight is 476 g/mol. The van der Waals surface area contributed by atoms with Gasteiger partial charge in [0, 0.05) is 18.1 Å². The van der Waals surface area contributed by atoms with Crippen LogP contribution in [0, 0.1) is 0 Å². The van der Waals surface area contributed by atoms with Gasteiger partial charge in [0.25, 0.3) is 5.91 Å². The molecule has 0 bridgehead atoms. The normalized spacial score (nSPS) is 19.7. The van der Waals surface area contributed by atoms with Crippen LogP contribution in [0.3, 0.4) is 0 Å². The zero-order valence-electron chi connectivity index (χ0n) is 18.4. The summed E-state index contributed by atoms with van der Waals surface area (Å²) in [7, 11) is 3.09. The largest absolute Gasteiger partial charge is 0.493 e. The van der Waals surface area contributed by atoms with E-state index < -0.39 is 23.7 Å². The molecule has 2 aliphatic rings. The van der Waals surface area contributed by atoms with Crippen LogP contribution in [0.4, 0.5) is 18.9 Å². The summed E-state index contributed by atoms with van der Waals surface area (Å²) >= 11 is 0. The summed E-state index contributed by atoms with van der Waals surface area (Å²) in [5.41, 5.74) is 3.30. The maximum absolute atomic E-state index is 13.0. The smallest absolute Gasteiger partial charge is 0.416 e. The van der Waals surface area contributed by atoms with Gasteiger partial charge in [0.15, 0.2) is 11.5 Å². The number of carbonyl (C=O) groups is 2. The van der Waals surface area contributed by atoms with Crippen molar-refractivity contribution in [1.29, 1.82) is 0 Å². The van der Waals surface area contributed by atoms with E-state index in [1.807, 2.05) is 12.1 Å². The molecule has 1 saturated heterocycles. The van der Waals surface area contributed by atoms with Gasteiger partial charge in [0.05, 0.1) is 25.8 Å². The van der Waals surface area contributed by atoms with E-state index in [1.165, 1.54) is 23.2 Å². The van der Waals surface area contributed by atoms with Gasteiger partial charge in [-0.15, -0.1) is 0 Å². The molecule has 2 amide bonds. The van der Waals surface area contributed by atoms with Gasteiger partial charge in [0.1, 0.15) is 12.6 Å². The first-order chi connectivity index (χ1) is 16.2. The molecule has 11 heteroatoms. The lowest BCUT2D eigenvalue weighted by Crippen LogP contribution is -2.49. The molecule has 0 saturated carbocycles. The Labute approximate surface area is 193 Å². The van der Waals surface area contributed by atoms with Crippen LogP contribution in [0.1, 0.15) is 23.6 Å². The summed E-state index contributed by atoms with van der Waals surface area (Å²) in [4.78, 5) is 26.7. The van der Waals surface area contributed by atoms with Gasteiger partial charge in [-0.3, -0.25) is 9.59 Å². The molecule has 34 heavy (non-hydrogen) atoms. The molecule has 0 radical (unpaired) electrons.